The lowest BCUT2D eigenvalue weighted by molar-refractivity contribution is 0.0827. The van der Waals surface area contributed by atoms with Crippen LogP contribution in [0.15, 0.2) is 47.5 Å². The smallest absolute Gasteiger partial charge is 0.243 e. The largest absolute Gasteiger partial charge is 0.493 e. The minimum atomic E-state index is -3.42. The van der Waals surface area contributed by atoms with Crippen LogP contribution in [0.3, 0.4) is 0 Å². The third-order valence-corrected chi connectivity index (χ3v) is 7.76. The number of piperazine rings is 1. The van der Waals surface area contributed by atoms with Crippen molar-refractivity contribution in [1.82, 2.24) is 14.2 Å². The van der Waals surface area contributed by atoms with Gasteiger partial charge in [-0.1, -0.05) is 6.07 Å². The van der Waals surface area contributed by atoms with Crippen LogP contribution in [-0.4, -0.2) is 74.5 Å². The number of anilines is 1. The molecule has 2 saturated heterocycles. The molecule has 28 heavy (non-hydrogen) atoms. The molecule has 5 rings (SSSR count). The van der Waals surface area contributed by atoms with E-state index < -0.39 is 10.0 Å². The lowest BCUT2D eigenvalue weighted by atomic mass is 10.1. The number of rotatable bonds is 4. The number of sulfonamides is 1. The summed E-state index contributed by atoms with van der Waals surface area (Å²) in [7, 11) is -3.42. The summed E-state index contributed by atoms with van der Waals surface area (Å²) in [6.07, 6.45) is 2.60. The first-order valence-electron chi connectivity index (χ1n) is 9.77. The van der Waals surface area contributed by atoms with Crippen LogP contribution >= 0.6 is 0 Å². The van der Waals surface area contributed by atoms with Crippen LogP contribution in [0.2, 0.25) is 0 Å². The van der Waals surface area contributed by atoms with Crippen molar-refractivity contribution in [3.63, 3.8) is 0 Å². The highest BCUT2D eigenvalue weighted by Crippen LogP contribution is 2.31. The summed E-state index contributed by atoms with van der Waals surface area (Å²) >= 11 is 0. The van der Waals surface area contributed by atoms with E-state index >= 15 is 0 Å². The second kappa shape index (κ2) is 7.02. The first-order chi connectivity index (χ1) is 13.6. The molecule has 1 aromatic carbocycles. The van der Waals surface area contributed by atoms with E-state index in [0.717, 1.165) is 49.7 Å². The van der Waals surface area contributed by atoms with Gasteiger partial charge in [0.1, 0.15) is 11.6 Å². The maximum Gasteiger partial charge on any atom is 0.243 e. The molecule has 0 N–H and O–H groups in total. The molecule has 1 aromatic heterocycles. The molecule has 3 aliphatic heterocycles. The molecule has 3 aliphatic rings. The molecule has 8 heteroatoms. The SMILES string of the molecule is O=S(=O)(c1ccc2c(c1)CCO2)N1CC(N2CCN(c3ccccn3)CC2)C1. The predicted octanol–water partition coefficient (Wildman–Crippen LogP) is 1.21. The van der Waals surface area contributed by atoms with Gasteiger partial charge < -0.3 is 9.64 Å². The van der Waals surface area contributed by atoms with Gasteiger partial charge in [0.2, 0.25) is 10.0 Å². The normalized spacial score (nSPS) is 21.2. The van der Waals surface area contributed by atoms with Crippen molar-refractivity contribution in [2.75, 3.05) is 50.8 Å². The third-order valence-electron chi connectivity index (χ3n) is 5.93. The number of ether oxygens (including phenoxy) is 1. The molecule has 0 aliphatic carbocycles. The van der Waals surface area contributed by atoms with Crippen molar-refractivity contribution < 1.29 is 13.2 Å². The number of fused-ring (bicyclic) bond motifs is 1. The van der Waals surface area contributed by atoms with Crippen molar-refractivity contribution in [3.05, 3.63) is 48.2 Å². The molecular formula is C20H24N4O3S. The number of nitrogens with zero attached hydrogens (tertiary/aromatic N) is 4. The maximum atomic E-state index is 12.9. The number of benzene rings is 1. The number of aromatic nitrogens is 1. The molecule has 0 amide bonds. The van der Waals surface area contributed by atoms with E-state index in [1.165, 1.54) is 0 Å². The van der Waals surface area contributed by atoms with E-state index in [-0.39, 0.29) is 0 Å². The standard InChI is InChI=1S/C20H24N4O3S/c25-28(26,18-4-5-19-16(13-18)6-12-27-19)24-14-17(15-24)22-8-10-23(11-9-22)20-3-1-2-7-21-20/h1-5,7,13,17H,6,8-12,14-15H2. The monoisotopic (exact) mass is 400 g/mol. The Bertz CT molecular complexity index is 953. The lowest BCUT2D eigenvalue weighted by Gasteiger charge is -2.47. The van der Waals surface area contributed by atoms with Crippen molar-refractivity contribution in [1.29, 1.82) is 0 Å². The molecule has 148 valence electrons. The molecule has 4 heterocycles. The molecule has 2 fully saturated rings. The number of pyridine rings is 1. The lowest BCUT2D eigenvalue weighted by Crippen LogP contribution is -2.64. The van der Waals surface area contributed by atoms with Crippen LogP contribution in [0.5, 0.6) is 5.75 Å². The molecular weight excluding hydrogens is 376 g/mol. The van der Waals surface area contributed by atoms with Gasteiger partial charge in [0.15, 0.2) is 0 Å². The van der Waals surface area contributed by atoms with Crippen LogP contribution in [0.1, 0.15) is 5.56 Å². The molecule has 7 nitrogen and oxygen atoms in total. The Morgan fingerprint density at radius 1 is 1.04 bits per heavy atom. The summed E-state index contributed by atoms with van der Waals surface area (Å²) in [6, 6.07) is 11.5. The van der Waals surface area contributed by atoms with Gasteiger partial charge in [-0.15, -0.1) is 0 Å². The summed E-state index contributed by atoms with van der Waals surface area (Å²) in [5.41, 5.74) is 0.990. The molecule has 0 atom stereocenters. The summed E-state index contributed by atoms with van der Waals surface area (Å²) < 4.78 is 32.9. The zero-order chi connectivity index (χ0) is 19.1. The van der Waals surface area contributed by atoms with Gasteiger partial charge in [0.25, 0.3) is 0 Å². The fraction of sp³-hybridized carbons (Fsp3) is 0.450. The van der Waals surface area contributed by atoms with Gasteiger partial charge in [0.05, 0.1) is 11.5 Å². The van der Waals surface area contributed by atoms with Crippen molar-refractivity contribution in [3.8, 4) is 5.75 Å². The van der Waals surface area contributed by atoms with E-state index in [2.05, 4.69) is 14.8 Å². The Labute approximate surface area is 165 Å². The highest BCUT2D eigenvalue weighted by molar-refractivity contribution is 7.89. The van der Waals surface area contributed by atoms with Gasteiger partial charge in [-0.2, -0.15) is 4.31 Å². The summed E-state index contributed by atoms with van der Waals surface area (Å²) in [5, 5.41) is 0. The van der Waals surface area contributed by atoms with E-state index in [1.807, 2.05) is 24.4 Å². The van der Waals surface area contributed by atoms with Gasteiger partial charge >= 0.3 is 0 Å². The highest BCUT2D eigenvalue weighted by atomic mass is 32.2. The first kappa shape index (κ1) is 17.9. The fourth-order valence-electron chi connectivity index (χ4n) is 4.17. The molecule has 0 spiro atoms. The quantitative estimate of drug-likeness (QED) is 0.769. The van der Waals surface area contributed by atoms with E-state index in [9.17, 15) is 8.42 Å². The molecule has 0 radical (unpaired) electrons. The van der Waals surface area contributed by atoms with Crippen LogP contribution in [0.4, 0.5) is 5.82 Å². The molecule has 0 bridgehead atoms. The average Bonchev–Trinajstić information content (AvgIpc) is 3.16. The van der Waals surface area contributed by atoms with E-state index in [0.29, 0.717) is 30.6 Å². The van der Waals surface area contributed by atoms with Gasteiger partial charge in [-0.25, -0.2) is 13.4 Å². The topological polar surface area (TPSA) is 66.0 Å². The minimum absolute atomic E-state index is 0.304. The van der Waals surface area contributed by atoms with Crippen LogP contribution in [-0.2, 0) is 16.4 Å². The summed E-state index contributed by atoms with van der Waals surface area (Å²) in [5.74, 6) is 1.83. The van der Waals surface area contributed by atoms with Crippen molar-refractivity contribution >= 4 is 15.8 Å². The Balaban J connectivity index is 1.19. The third kappa shape index (κ3) is 3.15. The summed E-state index contributed by atoms with van der Waals surface area (Å²) in [6.45, 7) is 5.49. The number of hydrogen-bond donors (Lipinski definition) is 0. The van der Waals surface area contributed by atoms with E-state index in [1.54, 1.807) is 22.5 Å². The Morgan fingerprint density at radius 3 is 2.61 bits per heavy atom. The van der Waals surface area contributed by atoms with Crippen LogP contribution < -0.4 is 9.64 Å². The van der Waals surface area contributed by atoms with Crippen LogP contribution in [0, 0.1) is 0 Å². The number of hydrogen-bond acceptors (Lipinski definition) is 6. The highest BCUT2D eigenvalue weighted by Gasteiger charge is 2.40. The van der Waals surface area contributed by atoms with Crippen molar-refractivity contribution in [2.45, 2.75) is 17.4 Å². The van der Waals surface area contributed by atoms with Crippen molar-refractivity contribution in [2.24, 2.45) is 0 Å². The zero-order valence-corrected chi connectivity index (χ0v) is 16.5. The Morgan fingerprint density at radius 2 is 1.86 bits per heavy atom. The minimum Gasteiger partial charge on any atom is -0.493 e. The average molecular weight is 401 g/mol. The Hall–Kier alpha value is -2.16. The van der Waals surface area contributed by atoms with Crippen LogP contribution in [0.25, 0.3) is 0 Å². The second-order valence-electron chi connectivity index (χ2n) is 7.55. The van der Waals surface area contributed by atoms with Gasteiger partial charge in [-0.05, 0) is 35.9 Å². The maximum absolute atomic E-state index is 12.9. The van der Waals surface area contributed by atoms with Gasteiger partial charge in [0, 0.05) is 57.9 Å². The van der Waals surface area contributed by atoms with E-state index in [4.69, 9.17) is 4.74 Å². The molecule has 0 saturated carbocycles. The second-order valence-corrected chi connectivity index (χ2v) is 9.49. The fourth-order valence-corrected chi connectivity index (χ4v) is 5.74. The van der Waals surface area contributed by atoms with Gasteiger partial charge in [-0.3, -0.25) is 4.90 Å². The summed E-state index contributed by atoms with van der Waals surface area (Å²) in [4.78, 5) is 9.50. The predicted molar refractivity (Wildman–Crippen MR) is 106 cm³/mol. The first-order valence-corrected chi connectivity index (χ1v) is 11.2. The molecule has 0 unspecified atom stereocenters. The molecule has 2 aromatic rings. The Kier molecular flexibility index (Phi) is 4.49. The zero-order valence-electron chi connectivity index (χ0n) is 15.7.